The van der Waals surface area contributed by atoms with E-state index in [-0.39, 0.29) is 5.91 Å². The fraction of sp³-hybridized carbons (Fsp3) is 0.857. The van der Waals surface area contributed by atoms with Crippen LogP contribution in [-0.2, 0) is 9.59 Å². The third-order valence-electron chi connectivity index (χ3n) is 4.60. The molecule has 0 bridgehead atoms. The number of hydrogen-bond acceptors (Lipinski definition) is 3. The Hall–Kier alpha value is -1.10. The first-order chi connectivity index (χ1) is 9.05. The third-order valence-corrected chi connectivity index (χ3v) is 4.60. The zero-order chi connectivity index (χ0) is 13.9. The quantitative estimate of drug-likeness (QED) is 0.756. The van der Waals surface area contributed by atoms with Gasteiger partial charge in [-0.3, -0.25) is 14.5 Å². The zero-order valence-electron chi connectivity index (χ0n) is 11.7. The van der Waals surface area contributed by atoms with Crippen molar-refractivity contribution in [1.82, 2.24) is 10.2 Å². The van der Waals surface area contributed by atoms with Crippen LogP contribution in [0.1, 0.15) is 39.0 Å². The van der Waals surface area contributed by atoms with Crippen molar-refractivity contribution in [3.05, 3.63) is 0 Å². The van der Waals surface area contributed by atoms with E-state index in [0.29, 0.717) is 44.8 Å². The summed E-state index contributed by atoms with van der Waals surface area (Å²) in [4.78, 5) is 25.1. The van der Waals surface area contributed by atoms with Crippen LogP contribution >= 0.6 is 0 Å². The van der Waals surface area contributed by atoms with E-state index in [1.54, 1.807) is 0 Å². The molecule has 0 aromatic heterocycles. The first kappa shape index (κ1) is 14.3. The lowest BCUT2D eigenvalue weighted by Gasteiger charge is -2.37. The molecule has 108 valence electrons. The highest BCUT2D eigenvalue weighted by Crippen LogP contribution is 2.35. The summed E-state index contributed by atoms with van der Waals surface area (Å²) in [6, 6.07) is 0. The molecular formula is C14H24N2O3. The van der Waals surface area contributed by atoms with Crippen molar-refractivity contribution in [3.8, 4) is 0 Å². The molecular weight excluding hydrogens is 244 g/mol. The van der Waals surface area contributed by atoms with Crippen molar-refractivity contribution in [2.24, 2.45) is 11.3 Å². The van der Waals surface area contributed by atoms with Crippen LogP contribution in [0.5, 0.6) is 0 Å². The molecule has 19 heavy (non-hydrogen) atoms. The molecule has 1 saturated heterocycles. The predicted molar refractivity (Wildman–Crippen MR) is 71.8 cm³/mol. The first-order valence-corrected chi connectivity index (χ1v) is 7.28. The number of nitrogens with one attached hydrogen (secondary N) is 1. The minimum atomic E-state index is -0.687. The molecule has 1 heterocycles. The van der Waals surface area contributed by atoms with Gasteiger partial charge in [0, 0.05) is 6.54 Å². The molecule has 0 radical (unpaired) electrons. The fourth-order valence-corrected chi connectivity index (χ4v) is 2.70. The molecule has 2 rings (SSSR count). The number of nitrogens with zero attached hydrogens (tertiary/aromatic N) is 1. The highest BCUT2D eigenvalue weighted by molar-refractivity contribution is 5.78. The molecule has 0 spiro atoms. The van der Waals surface area contributed by atoms with Crippen LogP contribution in [0, 0.1) is 11.3 Å². The molecule has 0 aromatic carbocycles. The van der Waals surface area contributed by atoms with Gasteiger partial charge in [0.05, 0.1) is 12.0 Å². The second kappa shape index (κ2) is 5.90. The van der Waals surface area contributed by atoms with Crippen molar-refractivity contribution in [1.29, 1.82) is 0 Å². The average molecular weight is 268 g/mol. The van der Waals surface area contributed by atoms with Gasteiger partial charge >= 0.3 is 5.97 Å². The zero-order valence-corrected chi connectivity index (χ0v) is 11.7. The SMILES string of the molecule is CCC1(C(=O)O)CCN(CC(=O)NCC2CC2)CC1. The standard InChI is InChI=1S/C14H24N2O3/c1-2-14(13(18)19)5-7-16(8-6-14)10-12(17)15-9-11-3-4-11/h11H,2-10H2,1H3,(H,15,17)(H,18,19). The summed E-state index contributed by atoms with van der Waals surface area (Å²) < 4.78 is 0. The molecule has 0 atom stereocenters. The van der Waals surface area contributed by atoms with E-state index in [0.717, 1.165) is 6.54 Å². The molecule has 1 saturated carbocycles. The largest absolute Gasteiger partial charge is 0.481 e. The lowest BCUT2D eigenvalue weighted by molar-refractivity contribution is -0.152. The van der Waals surface area contributed by atoms with Crippen molar-refractivity contribution in [2.75, 3.05) is 26.2 Å². The maximum absolute atomic E-state index is 11.7. The van der Waals surface area contributed by atoms with Crippen molar-refractivity contribution >= 4 is 11.9 Å². The van der Waals surface area contributed by atoms with E-state index in [4.69, 9.17) is 0 Å². The van der Waals surface area contributed by atoms with E-state index >= 15 is 0 Å². The highest BCUT2D eigenvalue weighted by atomic mass is 16.4. The molecule has 2 N–H and O–H groups in total. The highest BCUT2D eigenvalue weighted by Gasteiger charge is 2.40. The molecule has 5 heteroatoms. The number of aliphatic carboxylic acids is 1. The van der Waals surface area contributed by atoms with Gasteiger partial charge in [-0.25, -0.2) is 0 Å². The van der Waals surface area contributed by atoms with E-state index in [1.165, 1.54) is 12.8 Å². The van der Waals surface area contributed by atoms with Crippen LogP contribution in [-0.4, -0.2) is 48.1 Å². The number of hydrogen-bond donors (Lipinski definition) is 2. The predicted octanol–water partition coefficient (Wildman–Crippen LogP) is 1.09. The van der Waals surface area contributed by atoms with Gasteiger partial charge in [0.1, 0.15) is 0 Å². The van der Waals surface area contributed by atoms with Crippen molar-refractivity contribution in [3.63, 3.8) is 0 Å². The summed E-state index contributed by atoms with van der Waals surface area (Å²) in [7, 11) is 0. The van der Waals surface area contributed by atoms with E-state index in [2.05, 4.69) is 10.2 Å². The van der Waals surface area contributed by atoms with Crippen LogP contribution in [0.3, 0.4) is 0 Å². The fourth-order valence-electron chi connectivity index (χ4n) is 2.70. The van der Waals surface area contributed by atoms with E-state index < -0.39 is 11.4 Å². The summed E-state index contributed by atoms with van der Waals surface area (Å²) in [5.41, 5.74) is -0.568. The Kier molecular flexibility index (Phi) is 4.45. The summed E-state index contributed by atoms with van der Waals surface area (Å²) in [5.74, 6) is 0.0871. The van der Waals surface area contributed by atoms with Crippen molar-refractivity contribution in [2.45, 2.75) is 39.0 Å². The van der Waals surface area contributed by atoms with Gasteiger partial charge in [-0.1, -0.05) is 6.92 Å². The Balaban J connectivity index is 1.72. The molecule has 1 aliphatic heterocycles. The van der Waals surface area contributed by atoms with Crippen LogP contribution in [0.15, 0.2) is 0 Å². The van der Waals surface area contributed by atoms with Crippen LogP contribution in [0.25, 0.3) is 0 Å². The molecule has 5 nitrogen and oxygen atoms in total. The lowest BCUT2D eigenvalue weighted by Crippen LogP contribution is -2.47. The van der Waals surface area contributed by atoms with Gasteiger partial charge in [0.25, 0.3) is 0 Å². The maximum Gasteiger partial charge on any atom is 0.309 e. The van der Waals surface area contributed by atoms with Crippen molar-refractivity contribution < 1.29 is 14.7 Å². The second-order valence-corrected chi connectivity index (χ2v) is 5.96. The molecule has 0 unspecified atom stereocenters. The van der Waals surface area contributed by atoms with Gasteiger partial charge in [-0.15, -0.1) is 0 Å². The Morgan fingerprint density at radius 2 is 1.95 bits per heavy atom. The van der Waals surface area contributed by atoms with E-state index in [1.807, 2.05) is 6.92 Å². The Morgan fingerprint density at radius 1 is 1.32 bits per heavy atom. The number of likely N-dealkylation sites (tertiary alicyclic amines) is 1. The van der Waals surface area contributed by atoms with Gasteiger partial charge in [-0.2, -0.15) is 0 Å². The number of rotatable bonds is 6. The van der Waals surface area contributed by atoms with E-state index in [9.17, 15) is 14.7 Å². The molecule has 1 amide bonds. The number of carboxylic acids is 1. The topological polar surface area (TPSA) is 69.6 Å². The van der Waals surface area contributed by atoms with Crippen LogP contribution in [0.4, 0.5) is 0 Å². The first-order valence-electron chi connectivity index (χ1n) is 7.28. The monoisotopic (exact) mass is 268 g/mol. The molecule has 2 fully saturated rings. The summed E-state index contributed by atoms with van der Waals surface area (Å²) in [5, 5.41) is 12.3. The van der Waals surface area contributed by atoms with Gasteiger partial charge in [-0.05, 0) is 51.1 Å². The number of carbonyl (C=O) groups excluding carboxylic acids is 1. The Morgan fingerprint density at radius 3 is 2.42 bits per heavy atom. The summed E-state index contributed by atoms with van der Waals surface area (Å²) in [6.45, 7) is 4.56. The summed E-state index contributed by atoms with van der Waals surface area (Å²) in [6.07, 6.45) is 4.44. The van der Waals surface area contributed by atoms with Gasteiger partial charge < -0.3 is 10.4 Å². The Bertz CT molecular complexity index is 345. The maximum atomic E-state index is 11.7. The molecule has 0 aromatic rings. The minimum Gasteiger partial charge on any atom is -0.481 e. The average Bonchev–Trinajstić information content (AvgIpc) is 3.21. The number of piperidine rings is 1. The molecule has 1 aliphatic carbocycles. The lowest BCUT2D eigenvalue weighted by atomic mass is 9.76. The smallest absolute Gasteiger partial charge is 0.309 e. The number of carbonyl (C=O) groups is 2. The third kappa shape index (κ3) is 3.69. The Labute approximate surface area is 114 Å². The number of amides is 1. The number of carboxylic acid groups (broad SMARTS) is 1. The van der Waals surface area contributed by atoms with Crippen LogP contribution < -0.4 is 5.32 Å². The van der Waals surface area contributed by atoms with Gasteiger partial charge in [0.2, 0.25) is 5.91 Å². The minimum absolute atomic E-state index is 0.0752. The van der Waals surface area contributed by atoms with Gasteiger partial charge in [0.15, 0.2) is 0 Å². The molecule has 2 aliphatic rings. The normalized spacial score (nSPS) is 23.0. The van der Waals surface area contributed by atoms with Crippen LogP contribution in [0.2, 0.25) is 0 Å². The second-order valence-electron chi connectivity index (χ2n) is 5.96. The summed E-state index contributed by atoms with van der Waals surface area (Å²) >= 11 is 0.